The van der Waals surface area contributed by atoms with E-state index in [-0.39, 0.29) is 10.6 Å². The first-order valence-corrected chi connectivity index (χ1v) is 7.09. The van der Waals surface area contributed by atoms with Gasteiger partial charge in [0.25, 0.3) is 11.8 Å². The van der Waals surface area contributed by atoms with Crippen LogP contribution in [-0.4, -0.2) is 22.7 Å². The maximum Gasteiger partial charge on any atom is 0.268 e. The van der Waals surface area contributed by atoms with Gasteiger partial charge in [-0.3, -0.25) is 15.0 Å². The highest BCUT2D eigenvalue weighted by molar-refractivity contribution is 7.81. The summed E-state index contributed by atoms with van der Waals surface area (Å²) < 4.78 is 0. The number of nitrogens with one attached hydrogen (secondary N) is 3. The van der Waals surface area contributed by atoms with E-state index in [2.05, 4.69) is 10.6 Å². The number of anilines is 1. The molecule has 0 radical (unpaired) electrons. The van der Waals surface area contributed by atoms with Crippen molar-refractivity contribution < 1.29 is 9.59 Å². The molecular formula is C17H13N3O2S. The van der Waals surface area contributed by atoms with E-state index in [1.165, 1.54) is 0 Å². The quantitative estimate of drug-likeness (QED) is 0.459. The van der Waals surface area contributed by atoms with Gasteiger partial charge in [-0.1, -0.05) is 48.6 Å². The lowest BCUT2D eigenvalue weighted by Gasteiger charge is -2.09. The van der Waals surface area contributed by atoms with Gasteiger partial charge < -0.3 is 10.6 Å². The van der Waals surface area contributed by atoms with Crippen LogP contribution in [-0.2, 0) is 4.79 Å². The smallest absolute Gasteiger partial charge is 0.268 e. The molecule has 0 fully saturated rings. The summed E-state index contributed by atoms with van der Waals surface area (Å²) in [5.74, 6) is 0.922. The summed E-state index contributed by atoms with van der Waals surface area (Å²) >= 11 is 5.03. The molecule has 0 saturated heterocycles. The van der Waals surface area contributed by atoms with Gasteiger partial charge in [-0.2, -0.15) is 0 Å². The molecule has 5 nitrogen and oxygen atoms in total. The average molecular weight is 323 g/mol. The second kappa shape index (κ2) is 7.79. The van der Waals surface area contributed by atoms with Gasteiger partial charge in [0.1, 0.15) is 10.6 Å². The average Bonchev–Trinajstić information content (AvgIpc) is 2.57. The Bertz CT molecular complexity index is 782. The molecular weight excluding hydrogens is 310 g/mol. The van der Waals surface area contributed by atoms with E-state index in [4.69, 9.17) is 17.6 Å². The van der Waals surface area contributed by atoms with E-state index in [1.54, 1.807) is 54.6 Å². The molecule has 114 valence electrons. The highest BCUT2D eigenvalue weighted by atomic mass is 32.1. The minimum Gasteiger partial charge on any atom is -0.321 e. The maximum atomic E-state index is 12.1. The van der Waals surface area contributed by atoms with Crippen molar-refractivity contribution in [3.63, 3.8) is 0 Å². The van der Waals surface area contributed by atoms with Gasteiger partial charge in [-0.25, -0.2) is 0 Å². The van der Waals surface area contributed by atoms with Crippen molar-refractivity contribution in [2.75, 3.05) is 5.32 Å². The number of rotatable bonds is 4. The Labute approximate surface area is 138 Å². The van der Waals surface area contributed by atoms with Crippen LogP contribution in [0.1, 0.15) is 10.4 Å². The van der Waals surface area contributed by atoms with Crippen LogP contribution in [0, 0.1) is 5.41 Å². The molecule has 0 spiro atoms. The Balaban J connectivity index is 2.06. The van der Waals surface area contributed by atoms with Gasteiger partial charge in [0.2, 0.25) is 0 Å². The summed E-state index contributed by atoms with van der Waals surface area (Å²) in [5, 5.41) is 12.3. The molecule has 0 unspecified atom stereocenters. The number of carbonyl (C=O) groups excluding carboxylic acids is 2. The molecule has 0 aliphatic heterocycles. The molecule has 2 rings (SSSR count). The Morgan fingerprint density at radius 3 is 2.09 bits per heavy atom. The maximum absolute atomic E-state index is 12.1. The van der Waals surface area contributed by atoms with Crippen LogP contribution in [0.15, 0.2) is 66.2 Å². The molecule has 0 aliphatic rings. The number of carbonyl (C=O) groups is 2. The molecule has 0 heterocycles. The molecule has 23 heavy (non-hydrogen) atoms. The fraction of sp³-hybridized carbons (Fsp3) is 0. The molecule has 3 N–H and O–H groups in total. The molecule has 0 aromatic heterocycles. The monoisotopic (exact) mass is 323 g/mol. The SMILES string of the molecule is N=C=C(C(=O)Nc1ccccc1)C(=S)NC(=O)c1ccccc1. The van der Waals surface area contributed by atoms with Gasteiger partial charge in [-0.15, -0.1) is 0 Å². The summed E-state index contributed by atoms with van der Waals surface area (Å²) in [4.78, 5) is 24.0. The Kier molecular flexibility index (Phi) is 5.52. The zero-order chi connectivity index (χ0) is 16.7. The third-order valence-electron chi connectivity index (χ3n) is 2.87. The first-order valence-electron chi connectivity index (χ1n) is 6.68. The van der Waals surface area contributed by atoms with Crippen LogP contribution < -0.4 is 10.6 Å². The fourth-order valence-electron chi connectivity index (χ4n) is 1.76. The van der Waals surface area contributed by atoms with E-state index in [0.29, 0.717) is 11.3 Å². The summed E-state index contributed by atoms with van der Waals surface area (Å²) in [6.07, 6.45) is 0. The predicted molar refractivity (Wildman–Crippen MR) is 92.8 cm³/mol. The summed E-state index contributed by atoms with van der Waals surface area (Å²) in [7, 11) is 0. The van der Waals surface area contributed by atoms with Gasteiger partial charge in [-0.05, 0) is 30.1 Å². The Morgan fingerprint density at radius 1 is 0.957 bits per heavy atom. The van der Waals surface area contributed by atoms with Crippen LogP contribution in [0.2, 0.25) is 0 Å². The minimum absolute atomic E-state index is 0.151. The largest absolute Gasteiger partial charge is 0.321 e. The van der Waals surface area contributed by atoms with Gasteiger partial charge in [0.05, 0.1) is 0 Å². The van der Waals surface area contributed by atoms with Crippen molar-refractivity contribution in [2.45, 2.75) is 0 Å². The molecule has 6 heteroatoms. The van der Waals surface area contributed by atoms with Crippen LogP contribution in [0.4, 0.5) is 5.69 Å². The first-order chi connectivity index (χ1) is 11.1. The molecule has 0 aliphatic carbocycles. The zero-order valence-corrected chi connectivity index (χ0v) is 12.8. The van der Waals surface area contributed by atoms with Crippen molar-refractivity contribution in [3.05, 3.63) is 71.8 Å². The minimum atomic E-state index is -0.607. The van der Waals surface area contributed by atoms with Crippen molar-refractivity contribution in [1.82, 2.24) is 5.32 Å². The van der Waals surface area contributed by atoms with Gasteiger partial charge in [0.15, 0.2) is 0 Å². The fourth-order valence-corrected chi connectivity index (χ4v) is 2.00. The Hall–Kier alpha value is -3.08. The summed E-state index contributed by atoms with van der Waals surface area (Å²) in [5.41, 5.74) is 0.748. The highest BCUT2D eigenvalue weighted by Gasteiger charge is 2.18. The van der Waals surface area contributed by atoms with Gasteiger partial charge >= 0.3 is 0 Å². The number of hydrogen-bond acceptors (Lipinski definition) is 4. The molecule has 2 amide bonds. The molecule has 2 aromatic carbocycles. The van der Waals surface area contributed by atoms with Crippen molar-refractivity contribution >= 4 is 40.6 Å². The second-order valence-corrected chi connectivity index (χ2v) is 4.88. The standard InChI is InChI=1S/C17H13N3O2S/c18-11-14(16(22)19-13-9-5-2-6-10-13)17(23)20-15(21)12-7-3-1-4-8-12/h1-10,18H,(H,19,22)(H,20,21,23). The van der Waals surface area contributed by atoms with Crippen LogP contribution in [0.5, 0.6) is 0 Å². The van der Waals surface area contributed by atoms with Crippen LogP contribution in [0.25, 0.3) is 0 Å². The van der Waals surface area contributed by atoms with Crippen LogP contribution >= 0.6 is 12.2 Å². The Morgan fingerprint density at radius 2 is 1.52 bits per heavy atom. The van der Waals surface area contributed by atoms with Crippen LogP contribution in [0.3, 0.4) is 0 Å². The summed E-state index contributed by atoms with van der Waals surface area (Å²) in [6, 6.07) is 17.2. The number of hydrogen-bond donors (Lipinski definition) is 3. The number of amides is 2. The lowest BCUT2D eigenvalue weighted by Crippen LogP contribution is -2.34. The molecule has 0 saturated carbocycles. The highest BCUT2D eigenvalue weighted by Crippen LogP contribution is 2.07. The number of benzene rings is 2. The van der Waals surface area contributed by atoms with E-state index in [0.717, 1.165) is 0 Å². The molecule has 0 atom stereocenters. The van der Waals surface area contributed by atoms with E-state index < -0.39 is 11.8 Å². The lowest BCUT2D eigenvalue weighted by atomic mass is 10.2. The number of thiocarbonyl (C=S) groups is 1. The van der Waals surface area contributed by atoms with E-state index in [1.807, 2.05) is 11.9 Å². The predicted octanol–water partition coefficient (Wildman–Crippen LogP) is 2.56. The topological polar surface area (TPSA) is 82.1 Å². The number of para-hydroxylation sites is 1. The van der Waals surface area contributed by atoms with E-state index in [9.17, 15) is 9.59 Å². The molecule has 0 bridgehead atoms. The molecule has 2 aromatic rings. The second-order valence-electron chi connectivity index (χ2n) is 4.47. The summed E-state index contributed by atoms with van der Waals surface area (Å²) in [6.45, 7) is 0. The third kappa shape index (κ3) is 4.44. The normalized spacial score (nSPS) is 9.39. The van der Waals surface area contributed by atoms with E-state index >= 15 is 0 Å². The zero-order valence-electron chi connectivity index (χ0n) is 12.0. The van der Waals surface area contributed by atoms with Crippen molar-refractivity contribution in [1.29, 1.82) is 5.41 Å². The van der Waals surface area contributed by atoms with Gasteiger partial charge in [0, 0.05) is 11.3 Å². The van der Waals surface area contributed by atoms with Crippen molar-refractivity contribution in [3.8, 4) is 0 Å². The third-order valence-corrected chi connectivity index (χ3v) is 3.18. The first kappa shape index (κ1) is 16.3. The van der Waals surface area contributed by atoms with Crippen molar-refractivity contribution in [2.24, 2.45) is 0 Å². The lowest BCUT2D eigenvalue weighted by molar-refractivity contribution is -0.112.